The molecule has 1 aliphatic carbocycles. The number of aliphatic hydroxyl groups excluding tert-OH is 1. The molecule has 1 aliphatic rings. The zero-order valence-corrected chi connectivity index (χ0v) is 21.3. The normalized spacial score (nSPS) is 22.5. The number of ether oxygens (including phenoxy) is 1. The highest BCUT2D eigenvalue weighted by Crippen LogP contribution is 2.33. The first-order valence-electron chi connectivity index (χ1n) is 12.8. The average Bonchev–Trinajstić information content (AvgIpc) is 2.74. The Morgan fingerprint density at radius 3 is 2.00 bits per heavy atom. The van der Waals surface area contributed by atoms with E-state index in [2.05, 4.69) is 13.8 Å². The summed E-state index contributed by atoms with van der Waals surface area (Å²) in [7, 11) is -2.62. The fourth-order valence-electron chi connectivity index (χ4n) is 4.32. The van der Waals surface area contributed by atoms with E-state index in [0.29, 0.717) is 19.1 Å². The third-order valence-corrected chi connectivity index (χ3v) is 9.10. The van der Waals surface area contributed by atoms with Crippen LogP contribution in [-0.2, 0) is 18.0 Å². The van der Waals surface area contributed by atoms with E-state index >= 15 is 0 Å². The number of hydrogen-bond donors (Lipinski definition) is 1. The molecule has 6 heteroatoms. The minimum Gasteiger partial charge on any atom is -0.390 e. The molecular formula is C24H50O5Si. The lowest BCUT2D eigenvalue weighted by Crippen LogP contribution is -2.47. The molecule has 1 saturated carbocycles. The molecule has 0 bridgehead atoms. The van der Waals surface area contributed by atoms with Crippen LogP contribution in [0.15, 0.2) is 0 Å². The van der Waals surface area contributed by atoms with Crippen LogP contribution in [0.4, 0.5) is 0 Å². The minimum atomic E-state index is -2.62. The first-order chi connectivity index (χ1) is 14.6. The lowest BCUT2D eigenvalue weighted by Gasteiger charge is -2.35. The highest BCUT2D eigenvalue weighted by atomic mass is 28.4. The van der Waals surface area contributed by atoms with E-state index in [4.69, 9.17) is 18.0 Å². The van der Waals surface area contributed by atoms with Crippen molar-refractivity contribution < 1.29 is 23.1 Å². The van der Waals surface area contributed by atoms with E-state index in [-0.39, 0.29) is 12.2 Å². The summed E-state index contributed by atoms with van der Waals surface area (Å²) in [6.45, 7) is 11.3. The van der Waals surface area contributed by atoms with Crippen LogP contribution >= 0.6 is 0 Å². The number of aliphatic hydroxyl groups is 1. The van der Waals surface area contributed by atoms with Gasteiger partial charge in [0.25, 0.3) is 0 Å². The second-order valence-electron chi connectivity index (χ2n) is 8.71. The van der Waals surface area contributed by atoms with Gasteiger partial charge >= 0.3 is 8.80 Å². The molecule has 3 unspecified atom stereocenters. The molecule has 0 aromatic rings. The molecule has 1 N–H and O–H groups in total. The van der Waals surface area contributed by atoms with E-state index in [1.807, 2.05) is 13.8 Å². The van der Waals surface area contributed by atoms with E-state index in [0.717, 1.165) is 57.8 Å². The lowest BCUT2D eigenvalue weighted by molar-refractivity contribution is -0.0728. The first-order valence-corrected chi connectivity index (χ1v) is 14.7. The maximum absolute atomic E-state index is 10.4. The van der Waals surface area contributed by atoms with E-state index in [1.54, 1.807) is 0 Å². The Morgan fingerprint density at radius 2 is 1.40 bits per heavy atom. The fraction of sp³-hybridized carbons (Fsp3) is 1.00. The van der Waals surface area contributed by atoms with Crippen LogP contribution in [-0.4, -0.2) is 52.5 Å². The van der Waals surface area contributed by atoms with Crippen molar-refractivity contribution in [1.29, 1.82) is 0 Å². The third-order valence-electron chi connectivity index (χ3n) is 6.10. The molecule has 30 heavy (non-hydrogen) atoms. The fourth-order valence-corrected chi connectivity index (χ4v) is 7.10. The van der Waals surface area contributed by atoms with Gasteiger partial charge in [0.15, 0.2) is 0 Å². The number of rotatable bonds is 19. The largest absolute Gasteiger partial charge is 0.500 e. The Balaban J connectivity index is 2.50. The van der Waals surface area contributed by atoms with Gasteiger partial charge in [0.05, 0.1) is 12.2 Å². The predicted octanol–water partition coefficient (Wildman–Crippen LogP) is 6.11. The molecule has 0 aromatic carbocycles. The Morgan fingerprint density at radius 1 is 0.767 bits per heavy atom. The van der Waals surface area contributed by atoms with Gasteiger partial charge in [0, 0.05) is 32.5 Å². The second kappa shape index (κ2) is 17.6. The number of unbranched alkanes of at least 4 members (excludes halogenated alkanes) is 6. The van der Waals surface area contributed by atoms with Gasteiger partial charge in [-0.25, -0.2) is 0 Å². The maximum atomic E-state index is 10.4. The van der Waals surface area contributed by atoms with Crippen molar-refractivity contribution in [3.63, 3.8) is 0 Å². The van der Waals surface area contributed by atoms with Crippen molar-refractivity contribution in [3.8, 4) is 0 Å². The zero-order valence-electron chi connectivity index (χ0n) is 20.3. The Kier molecular flexibility index (Phi) is 16.4. The summed E-state index contributed by atoms with van der Waals surface area (Å²) >= 11 is 0. The van der Waals surface area contributed by atoms with E-state index in [1.165, 1.54) is 38.5 Å². The number of hydrogen-bond acceptors (Lipinski definition) is 5. The molecule has 1 rings (SSSR count). The van der Waals surface area contributed by atoms with E-state index in [9.17, 15) is 5.11 Å². The van der Waals surface area contributed by atoms with Crippen LogP contribution in [0.1, 0.15) is 105 Å². The lowest BCUT2D eigenvalue weighted by atomic mass is 9.84. The van der Waals surface area contributed by atoms with Crippen molar-refractivity contribution in [2.75, 3.05) is 26.4 Å². The van der Waals surface area contributed by atoms with Crippen LogP contribution in [0.25, 0.3) is 0 Å². The van der Waals surface area contributed by atoms with Crippen molar-refractivity contribution in [3.05, 3.63) is 0 Å². The summed E-state index contributed by atoms with van der Waals surface area (Å²) < 4.78 is 24.6. The van der Waals surface area contributed by atoms with Crippen LogP contribution < -0.4 is 0 Å². The third kappa shape index (κ3) is 11.6. The molecule has 0 aromatic heterocycles. The van der Waals surface area contributed by atoms with Crippen molar-refractivity contribution >= 4 is 8.80 Å². The Hall–Kier alpha value is 0.0169. The zero-order chi connectivity index (χ0) is 22.1. The first kappa shape index (κ1) is 28.1. The standard InChI is InChI=1S/C24H50O5Si/c1-5-9-11-13-18-26-24-21-22(15-16-23(24)25)17-20-30(27-7-3,28-8-4)29-19-14-12-10-6-2/h22-25H,5-21H2,1-4H3. The van der Waals surface area contributed by atoms with Gasteiger partial charge in [-0.1, -0.05) is 52.4 Å². The molecule has 5 nitrogen and oxygen atoms in total. The smallest absolute Gasteiger partial charge is 0.390 e. The van der Waals surface area contributed by atoms with Gasteiger partial charge in [-0.15, -0.1) is 0 Å². The highest BCUT2D eigenvalue weighted by molar-refractivity contribution is 6.60. The van der Waals surface area contributed by atoms with Gasteiger partial charge in [-0.05, 0) is 58.3 Å². The van der Waals surface area contributed by atoms with Gasteiger partial charge in [0.2, 0.25) is 0 Å². The molecule has 0 aliphatic heterocycles. The molecule has 180 valence electrons. The summed E-state index contributed by atoms with van der Waals surface area (Å²) in [5.74, 6) is 0.547. The Labute approximate surface area is 187 Å². The van der Waals surface area contributed by atoms with Crippen molar-refractivity contribution in [1.82, 2.24) is 0 Å². The molecule has 0 saturated heterocycles. The maximum Gasteiger partial charge on any atom is 0.500 e. The highest BCUT2D eigenvalue weighted by Gasteiger charge is 2.41. The van der Waals surface area contributed by atoms with Crippen molar-refractivity contribution in [2.45, 2.75) is 123 Å². The monoisotopic (exact) mass is 446 g/mol. The van der Waals surface area contributed by atoms with Crippen LogP contribution in [0, 0.1) is 5.92 Å². The molecule has 0 amide bonds. The van der Waals surface area contributed by atoms with Gasteiger partial charge in [0.1, 0.15) is 0 Å². The topological polar surface area (TPSA) is 57.2 Å². The van der Waals surface area contributed by atoms with E-state index < -0.39 is 8.80 Å². The molecule has 0 spiro atoms. The van der Waals surface area contributed by atoms with Gasteiger partial charge < -0.3 is 23.1 Å². The SMILES string of the molecule is CCCCCCOC1CC(CC[Si](OCC)(OCC)OCCCCCC)CCC1O. The quantitative estimate of drug-likeness (QED) is 0.191. The summed E-state index contributed by atoms with van der Waals surface area (Å²) in [6, 6.07) is 0.867. The molecule has 0 radical (unpaired) electrons. The molecule has 1 fully saturated rings. The summed E-state index contributed by atoms with van der Waals surface area (Å²) in [5, 5.41) is 10.4. The van der Waals surface area contributed by atoms with Crippen molar-refractivity contribution in [2.24, 2.45) is 5.92 Å². The summed E-state index contributed by atoms with van der Waals surface area (Å²) in [5.41, 5.74) is 0. The summed E-state index contributed by atoms with van der Waals surface area (Å²) in [6.07, 6.45) is 13.1. The molecular weight excluding hydrogens is 396 g/mol. The second-order valence-corrected chi connectivity index (χ2v) is 11.4. The van der Waals surface area contributed by atoms with Crippen LogP contribution in [0.5, 0.6) is 0 Å². The molecule has 3 atom stereocenters. The predicted molar refractivity (Wildman–Crippen MR) is 126 cm³/mol. The van der Waals surface area contributed by atoms with Gasteiger partial charge in [-0.3, -0.25) is 0 Å². The molecule has 0 heterocycles. The van der Waals surface area contributed by atoms with Gasteiger partial charge in [-0.2, -0.15) is 0 Å². The minimum absolute atomic E-state index is 0.0180. The Bertz CT molecular complexity index is 390. The van der Waals surface area contributed by atoms with Crippen LogP contribution in [0.2, 0.25) is 6.04 Å². The summed E-state index contributed by atoms with van der Waals surface area (Å²) in [4.78, 5) is 0. The van der Waals surface area contributed by atoms with Crippen LogP contribution in [0.3, 0.4) is 0 Å². The average molecular weight is 447 g/mol.